The molecule has 11 heteroatoms. The van der Waals surface area contributed by atoms with Crippen LogP contribution in [0.15, 0.2) is 110 Å². The molecule has 2 bridgehead atoms. The monoisotopic (exact) mass is 711 g/mol. The van der Waals surface area contributed by atoms with Crippen molar-refractivity contribution in [3.63, 3.8) is 0 Å². The standard InChI is InChI=1S/C40H42ClN3O7/c1-3-5-20-33(46)50-25-29(26-14-8-6-9-15-26)42-37(47)34-32-21-22-40(51-32)35(34)38(48)44(31(24-45)27-16-10-7-11-17-27)36(40)39(49)43(23-4-2)30-19-13-12-18-28(30)41/h3-4,6-19,29,31-32,34-36,45H,1-2,5,20-25H2,(H,42,47)/t29-,31-,32-,34+,35+,36-,40+/m1/s1. The summed E-state index contributed by atoms with van der Waals surface area (Å²) in [7, 11) is 0. The number of carbonyl (C=O) groups excluding carboxylic acids is 4. The quantitative estimate of drug-likeness (QED) is 0.161. The summed E-state index contributed by atoms with van der Waals surface area (Å²) in [6.45, 7) is 7.02. The minimum atomic E-state index is -1.36. The van der Waals surface area contributed by atoms with Gasteiger partial charge in [0.15, 0.2) is 0 Å². The Morgan fingerprint density at radius 2 is 1.69 bits per heavy atom. The van der Waals surface area contributed by atoms with Crippen LogP contribution in [-0.4, -0.2) is 71.2 Å². The largest absolute Gasteiger partial charge is 0.463 e. The summed E-state index contributed by atoms with van der Waals surface area (Å²) in [5, 5.41) is 14.2. The molecule has 0 aliphatic carbocycles. The number of aliphatic hydroxyl groups excluding tert-OH is 1. The number of para-hydroxylation sites is 1. The Labute approximate surface area is 302 Å². The lowest BCUT2D eigenvalue weighted by atomic mass is 9.70. The molecular weight excluding hydrogens is 670 g/mol. The highest BCUT2D eigenvalue weighted by molar-refractivity contribution is 6.34. The van der Waals surface area contributed by atoms with E-state index in [-0.39, 0.29) is 19.6 Å². The van der Waals surface area contributed by atoms with Crippen molar-refractivity contribution in [3.8, 4) is 0 Å². The van der Waals surface area contributed by atoms with Crippen molar-refractivity contribution in [2.24, 2.45) is 11.8 Å². The van der Waals surface area contributed by atoms with Crippen LogP contribution in [0.1, 0.15) is 48.9 Å². The molecule has 2 N–H and O–H groups in total. The zero-order valence-electron chi connectivity index (χ0n) is 28.2. The van der Waals surface area contributed by atoms with Gasteiger partial charge in [-0.05, 0) is 42.5 Å². The number of carbonyl (C=O) groups is 4. The first kappa shape index (κ1) is 36.0. The zero-order valence-corrected chi connectivity index (χ0v) is 29.0. The van der Waals surface area contributed by atoms with E-state index in [1.54, 1.807) is 60.7 Å². The number of amides is 3. The lowest BCUT2D eigenvalue weighted by Crippen LogP contribution is -2.57. The molecule has 3 heterocycles. The average Bonchev–Trinajstić information content (AvgIpc) is 3.80. The second-order valence-corrected chi connectivity index (χ2v) is 13.5. The molecule has 0 aromatic heterocycles. The van der Waals surface area contributed by atoms with Gasteiger partial charge in [0.1, 0.15) is 18.2 Å². The molecule has 3 amide bonds. The number of benzene rings is 3. The highest BCUT2D eigenvalue weighted by Crippen LogP contribution is 2.60. The van der Waals surface area contributed by atoms with Gasteiger partial charge in [0, 0.05) is 13.0 Å². The molecule has 6 rings (SSSR count). The van der Waals surface area contributed by atoms with E-state index in [1.807, 2.05) is 36.4 Å². The van der Waals surface area contributed by atoms with Crippen LogP contribution in [0.2, 0.25) is 5.02 Å². The Hall–Kier alpha value is -4.77. The molecule has 51 heavy (non-hydrogen) atoms. The lowest BCUT2D eigenvalue weighted by Gasteiger charge is -2.39. The van der Waals surface area contributed by atoms with Crippen LogP contribution >= 0.6 is 11.6 Å². The maximum Gasteiger partial charge on any atom is 0.306 e. The predicted octanol–water partition coefficient (Wildman–Crippen LogP) is 5.33. The Balaban J connectivity index is 1.38. The predicted molar refractivity (Wildman–Crippen MR) is 192 cm³/mol. The van der Waals surface area contributed by atoms with Crippen LogP contribution in [0.4, 0.5) is 5.69 Å². The Kier molecular flexibility index (Phi) is 11.0. The maximum atomic E-state index is 15.0. The van der Waals surface area contributed by atoms with Gasteiger partial charge in [-0.3, -0.25) is 19.2 Å². The van der Waals surface area contributed by atoms with Gasteiger partial charge >= 0.3 is 5.97 Å². The van der Waals surface area contributed by atoms with Gasteiger partial charge in [0.2, 0.25) is 11.8 Å². The van der Waals surface area contributed by atoms with E-state index in [4.69, 9.17) is 21.1 Å². The molecule has 3 aromatic rings. The molecule has 3 aliphatic heterocycles. The second-order valence-electron chi connectivity index (χ2n) is 13.1. The van der Waals surface area contributed by atoms with Crippen molar-refractivity contribution in [2.45, 2.75) is 55.5 Å². The second kappa shape index (κ2) is 15.6. The van der Waals surface area contributed by atoms with Crippen molar-refractivity contribution >= 4 is 41.0 Å². The SMILES string of the molecule is C=CCCC(=O)OC[C@@H](NC(=O)[C@@H]1[C@H]2C(=O)N([C@H](CO)c3ccccc3)[C@H](C(=O)N(CC=C)c3ccccc3Cl)[C@]23CC[C@H]1O3)c1ccccc1. The van der Waals surface area contributed by atoms with E-state index >= 15 is 0 Å². The minimum Gasteiger partial charge on any atom is -0.463 e. The number of allylic oxidation sites excluding steroid dienone is 1. The Morgan fingerprint density at radius 3 is 2.33 bits per heavy atom. The fraction of sp³-hybridized carbons (Fsp3) is 0.350. The number of rotatable bonds is 15. The summed E-state index contributed by atoms with van der Waals surface area (Å²) in [5.74, 6) is -3.75. The molecule has 0 radical (unpaired) electrons. The molecule has 266 valence electrons. The molecule has 0 saturated carbocycles. The number of ether oxygens (including phenoxy) is 2. The summed E-state index contributed by atoms with van der Waals surface area (Å²) in [4.78, 5) is 59.6. The van der Waals surface area contributed by atoms with E-state index < -0.39 is 72.0 Å². The molecule has 10 nitrogen and oxygen atoms in total. The number of nitrogens with one attached hydrogen (secondary N) is 1. The van der Waals surface area contributed by atoms with Gasteiger partial charge in [-0.15, -0.1) is 13.2 Å². The smallest absolute Gasteiger partial charge is 0.306 e. The van der Waals surface area contributed by atoms with Crippen LogP contribution in [0, 0.1) is 11.8 Å². The van der Waals surface area contributed by atoms with Gasteiger partial charge in [0.25, 0.3) is 5.91 Å². The van der Waals surface area contributed by atoms with E-state index in [0.717, 1.165) is 5.56 Å². The van der Waals surface area contributed by atoms with E-state index in [2.05, 4.69) is 18.5 Å². The number of likely N-dealkylation sites (tertiary alicyclic amines) is 1. The molecule has 3 aliphatic rings. The molecular formula is C40H42ClN3O7. The summed E-state index contributed by atoms with van der Waals surface area (Å²) in [5.41, 5.74) is 0.432. The van der Waals surface area contributed by atoms with Crippen molar-refractivity contribution in [1.82, 2.24) is 10.2 Å². The van der Waals surface area contributed by atoms with Gasteiger partial charge in [-0.1, -0.05) is 96.5 Å². The Morgan fingerprint density at radius 1 is 1.02 bits per heavy atom. The van der Waals surface area contributed by atoms with Gasteiger partial charge in [-0.25, -0.2) is 0 Å². The summed E-state index contributed by atoms with van der Waals surface area (Å²) in [6.07, 6.45) is 3.98. The van der Waals surface area contributed by atoms with Crippen LogP contribution in [0.3, 0.4) is 0 Å². The third kappa shape index (κ3) is 6.83. The fourth-order valence-electron chi connectivity index (χ4n) is 7.93. The van der Waals surface area contributed by atoms with Crippen LogP contribution in [-0.2, 0) is 28.7 Å². The van der Waals surface area contributed by atoms with Crippen molar-refractivity contribution in [2.75, 3.05) is 24.7 Å². The number of nitrogens with zero attached hydrogens (tertiary/aromatic N) is 2. The summed E-state index contributed by atoms with van der Waals surface area (Å²) in [6, 6.07) is 22.3. The molecule has 3 saturated heterocycles. The van der Waals surface area contributed by atoms with E-state index in [9.17, 15) is 24.3 Å². The van der Waals surface area contributed by atoms with Crippen LogP contribution in [0.5, 0.6) is 0 Å². The lowest BCUT2D eigenvalue weighted by molar-refractivity contribution is -0.146. The fourth-order valence-corrected chi connectivity index (χ4v) is 8.17. The third-order valence-electron chi connectivity index (χ3n) is 10.2. The first-order valence-corrected chi connectivity index (χ1v) is 17.6. The van der Waals surface area contributed by atoms with Gasteiger partial charge in [-0.2, -0.15) is 0 Å². The molecule has 3 aromatic carbocycles. The van der Waals surface area contributed by atoms with Crippen molar-refractivity contribution in [3.05, 3.63) is 126 Å². The van der Waals surface area contributed by atoms with Crippen LogP contribution < -0.4 is 10.2 Å². The number of hydrogen-bond donors (Lipinski definition) is 2. The molecule has 1 spiro atoms. The number of fused-ring (bicyclic) bond motifs is 1. The van der Waals surface area contributed by atoms with Crippen molar-refractivity contribution < 1.29 is 33.8 Å². The van der Waals surface area contributed by atoms with Crippen LogP contribution in [0.25, 0.3) is 0 Å². The number of esters is 1. The number of aliphatic hydroxyl groups is 1. The van der Waals surface area contributed by atoms with Gasteiger partial charge in [0.05, 0.1) is 47.3 Å². The maximum absolute atomic E-state index is 15.0. The third-order valence-corrected chi connectivity index (χ3v) is 10.5. The zero-order chi connectivity index (χ0) is 36.1. The number of halogens is 1. The minimum absolute atomic E-state index is 0.0919. The first-order valence-electron chi connectivity index (χ1n) is 17.2. The first-order chi connectivity index (χ1) is 24.7. The van der Waals surface area contributed by atoms with Crippen molar-refractivity contribution in [1.29, 1.82) is 0 Å². The number of anilines is 1. The molecule has 3 fully saturated rings. The van der Waals surface area contributed by atoms with E-state index in [0.29, 0.717) is 35.5 Å². The molecule has 7 atom stereocenters. The topological polar surface area (TPSA) is 125 Å². The highest BCUT2D eigenvalue weighted by Gasteiger charge is 2.75. The average molecular weight is 712 g/mol. The highest BCUT2D eigenvalue weighted by atomic mass is 35.5. The number of hydrogen-bond acceptors (Lipinski definition) is 7. The molecule has 0 unspecified atom stereocenters. The summed E-state index contributed by atoms with van der Waals surface area (Å²) < 4.78 is 12.3. The van der Waals surface area contributed by atoms with Gasteiger partial charge < -0.3 is 29.7 Å². The Bertz CT molecular complexity index is 1770. The normalized spacial score (nSPS) is 24.4. The van der Waals surface area contributed by atoms with E-state index in [1.165, 1.54) is 9.80 Å². The summed E-state index contributed by atoms with van der Waals surface area (Å²) >= 11 is 6.61.